The van der Waals surface area contributed by atoms with Crippen LogP contribution in [0.25, 0.3) is 0 Å². The van der Waals surface area contributed by atoms with E-state index in [0.717, 1.165) is 49.7 Å². The lowest BCUT2D eigenvalue weighted by atomic mass is 9.99. The summed E-state index contributed by atoms with van der Waals surface area (Å²) >= 11 is 0. The van der Waals surface area contributed by atoms with E-state index in [1.807, 2.05) is 18.2 Å². The molecule has 1 unspecified atom stereocenters. The number of hydrogen-bond donors (Lipinski definition) is 1. The lowest BCUT2D eigenvalue weighted by Crippen LogP contribution is -2.45. The molecule has 2 N–H and O–H groups in total. The molecule has 24 heavy (non-hydrogen) atoms. The number of rotatable bonds is 2. The third-order valence-corrected chi connectivity index (χ3v) is 4.87. The molecule has 0 spiro atoms. The van der Waals surface area contributed by atoms with Crippen molar-refractivity contribution in [3.63, 3.8) is 0 Å². The molecule has 0 amide bonds. The number of likely N-dealkylation sites (N-methyl/N-ethyl adjacent to an activating group) is 1. The van der Waals surface area contributed by atoms with E-state index in [-0.39, 0.29) is 6.10 Å². The first-order valence-electron chi connectivity index (χ1n) is 8.46. The summed E-state index contributed by atoms with van der Waals surface area (Å²) in [5.41, 5.74) is 9.31. The maximum Gasteiger partial charge on any atom is 0.222 e. The van der Waals surface area contributed by atoms with Crippen molar-refractivity contribution in [2.45, 2.75) is 19.1 Å². The second-order valence-electron chi connectivity index (χ2n) is 6.54. The molecule has 6 heteroatoms. The molecule has 4 rings (SSSR count). The molecule has 1 fully saturated rings. The van der Waals surface area contributed by atoms with Crippen LogP contribution in [0.1, 0.15) is 22.9 Å². The predicted octanol–water partition coefficient (Wildman–Crippen LogP) is 1.62. The highest BCUT2D eigenvalue weighted by atomic mass is 16.5. The van der Waals surface area contributed by atoms with E-state index < -0.39 is 0 Å². The number of nitrogen functional groups attached to an aromatic ring is 1. The van der Waals surface area contributed by atoms with Crippen molar-refractivity contribution < 1.29 is 4.74 Å². The van der Waals surface area contributed by atoms with Crippen molar-refractivity contribution in [3.05, 3.63) is 47.2 Å². The van der Waals surface area contributed by atoms with Gasteiger partial charge in [0.2, 0.25) is 5.95 Å². The molecule has 0 radical (unpaired) electrons. The zero-order chi connectivity index (χ0) is 16.5. The zero-order valence-corrected chi connectivity index (χ0v) is 14.0. The van der Waals surface area contributed by atoms with Crippen molar-refractivity contribution >= 4 is 11.8 Å². The summed E-state index contributed by atoms with van der Waals surface area (Å²) in [6.07, 6.45) is 0.778. The van der Waals surface area contributed by atoms with Gasteiger partial charge in [-0.25, -0.2) is 4.98 Å². The summed E-state index contributed by atoms with van der Waals surface area (Å²) < 4.78 is 6.13. The van der Waals surface area contributed by atoms with Gasteiger partial charge in [0.05, 0.1) is 18.4 Å². The van der Waals surface area contributed by atoms with Crippen LogP contribution in [0.15, 0.2) is 30.3 Å². The Morgan fingerprint density at radius 2 is 1.83 bits per heavy atom. The Morgan fingerprint density at radius 3 is 2.58 bits per heavy atom. The van der Waals surface area contributed by atoms with E-state index in [2.05, 4.69) is 38.9 Å². The highest BCUT2D eigenvalue weighted by Crippen LogP contribution is 2.34. The third-order valence-electron chi connectivity index (χ3n) is 4.87. The SMILES string of the molecule is CN1CCN(c2nc(N)nc3c2COC(c2ccccc2)C3)CC1. The van der Waals surface area contributed by atoms with Crippen LogP contribution in [0.5, 0.6) is 0 Å². The average molecular weight is 325 g/mol. The van der Waals surface area contributed by atoms with Gasteiger partial charge in [-0.05, 0) is 12.6 Å². The first-order chi connectivity index (χ1) is 11.7. The van der Waals surface area contributed by atoms with Gasteiger partial charge in [-0.3, -0.25) is 0 Å². The first-order valence-corrected chi connectivity index (χ1v) is 8.46. The van der Waals surface area contributed by atoms with E-state index in [4.69, 9.17) is 10.5 Å². The summed E-state index contributed by atoms with van der Waals surface area (Å²) in [4.78, 5) is 13.7. The lowest BCUT2D eigenvalue weighted by molar-refractivity contribution is 0.0260. The van der Waals surface area contributed by atoms with Crippen LogP contribution in [-0.2, 0) is 17.8 Å². The molecule has 1 atom stereocenters. The molecular formula is C18H23N5O. The summed E-state index contributed by atoms with van der Waals surface area (Å²) in [5.74, 6) is 1.31. The average Bonchev–Trinajstić information content (AvgIpc) is 2.62. The number of piperazine rings is 1. The predicted molar refractivity (Wildman–Crippen MR) is 93.8 cm³/mol. The molecule has 126 valence electrons. The summed E-state index contributed by atoms with van der Waals surface area (Å²) in [6.45, 7) is 4.53. The van der Waals surface area contributed by atoms with Gasteiger partial charge >= 0.3 is 0 Å². The topological polar surface area (TPSA) is 67.5 Å². The molecule has 0 saturated carbocycles. The number of fused-ring (bicyclic) bond motifs is 1. The van der Waals surface area contributed by atoms with Crippen LogP contribution in [0.4, 0.5) is 11.8 Å². The van der Waals surface area contributed by atoms with Crippen LogP contribution in [0.3, 0.4) is 0 Å². The standard InChI is InChI=1S/C18H23N5O/c1-22-7-9-23(10-8-22)17-14-12-24-16(13-5-3-2-4-6-13)11-15(14)20-18(19)21-17/h2-6,16H,7-12H2,1H3,(H2,19,20,21). The Kier molecular flexibility index (Phi) is 4.08. The fourth-order valence-corrected chi connectivity index (χ4v) is 3.43. The first kappa shape index (κ1) is 15.4. The Bertz CT molecular complexity index is 713. The van der Waals surface area contributed by atoms with Gasteiger partial charge in [-0.1, -0.05) is 30.3 Å². The van der Waals surface area contributed by atoms with Gasteiger partial charge in [0.15, 0.2) is 0 Å². The highest BCUT2D eigenvalue weighted by molar-refractivity contribution is 5.53. The number of anilines is 2. The highest BCUT2D eigenvalue weighted by Gasteiger charge is 2.28. The van der Waals surface area contributed by atoms with Crippen molar-refractivity contribution in [1.82, 2.24) is 14.9 Å². The van der Waals surface area contributed by atoms with E-state index in [1.54, 1.807) is 0 Å². The molecule has 1 saturated heterocycles. The van der Waals surface area contributed by atoms with Gasteiger partial charge in [-0.15, -0.1) is 0 Å². The minimum absolute atomic E-state index is 0.0355. The van der Waals surface area contributed by atoms with Crippen LogP contribution >= 0.6 is 0 Å². The molecule has 6 nitrogen and oxygen atoms in total. The number of nitrogens with zero attached hydrogens (tertiary/aromatic N) is 4. The van der Waals surface area contributed by atoms with Gasteiger partial charge in [0, 0.05) is 38.2 Å². The quantitative estimate of drug-likeness (QED) is 0.905. The molecule has 0 bridgehead atoms. The van der Waals surface area contributed by atoms with Crippen molar-refractivity contribution in [2.75, 3.05) is 43.9 Å². The van der Waals surface area contributed by atoms with Gasteiger partial charge in [0.1, 0.15) is 5.82 Å². The minimum atomic E-state index is 0.0355. The maximum atomic E-state index is 6.13. The van der Waals surface area contributed by atoms with Crippen LogP contribution in [0, 0.1) is 0 Å². The fourth-order valence-electron chi connectivity index (χ4n) is 3.43. The summed E-state index contributed by atoms with van der Waals surface area (Å²) in [6, 6.07) is 10.3. The number of ether oxygens (including phenoxy) is 1. The van der Waals surface area contributed by atoms with Crippen LogP contribution in [-0.4, -0.2) is 48.1 Å². The molecule has 1 aromatic heterocycles. The Balaban J connectivity index is 1.63. The second-order valence-corrected chi connectivity index (χ2v) is 6.54. The van der Waals surface area contributed by atoms with Crippen LogP contribution < -0.4 is 10.6 Å². The number of hydrogen-bond acceptors (Lipinski definition) is 6. The van der Waals surface area contributed by atoms with Gasteiger partial charge in [0.25, 0.3) is 0 Å². The monoisotopic (exact) mass is 325 g/mol. The van der Waals surface area contributed by atoms with E-state index in [9.17, 15) is 0 Å². The molecule has 0 aliphatic carbocycles. The van der Waals surface area contributed by atoms with Gasteiger partial charge in [-0.2, -0.15) is 4.98 Å². The van der Waals surface area contributed by atoms with Crippen molar-refractivity contribution in [3.8, 4) is 0 Å². The molecule has 2 aromatic rings. The Hall–Kier alpha value is -2.18. The number of aromatic nitrogens is 2. The van der Waals surface area contributed by atoms with E-state index in [1.165, 1.54) is 5.56 Å². The van der Waals surface area contributed by atoms with Gasteiger partial charge < -0.3 is 20.3 Å². The maximum absolute atomic E-state index is 6.13. The smallest absolute Gasteiger partial charge is 0.222 e. The molecule has 1 aromatic carbocycles. The third kappa shape index (κ3) is 2.95. The summed E-state index contributed by atoms with van der Waals surface area (Å²) in [7, 11) is 2.15. The Labute approximate surface area is 142 Å². The van der Waals surface area contributed by atoms with Crippen molar-refractivity contribution in [1.29, 1.82) is 0 Å². The number of benzene rings is 1. The Morgan fingerprint density at radius 1 is 1.08 bits per heavy atom. The van der Waals surface area contributed by atoms with Crippen molar-refractivity contribution in [2.24, 2.45) is 0 Å². The van der Waals surface area contributed by atoms with E-state index >= 15 is 0 Å². The fraction of sp³-hybridized carbons (Fsp3) is 0.444. The molecule has 2 aliphatic rings. The molecular weight excluding hydrogens is 302 g/mol. The summed E-state index contributed by atoms with van der Waals surface area (Å²) in [5, 5.41) is 0. The molecule has 3 heterocycles. The van der Waals surface area contributed by atoms with Crippen LogP contribution in [0.2, 0.25) is 0 Å². The second kappa shape index (κ2) is 6.37. The number of nitrogens with two attached hydrogens (primary N) is 1. The molecule has 2 aliphatic heterocycles. The zero-order valence-electron chi connectivity index (χ0n) is 14.0. The normalized spacial score (nSPS) is 21.5. The minimum Gasteiger partial charge on any atom is -0.368 e. The van der Waals surface area contributed by atoms with E-state index in [0.29, 0.717) is 12.6 Å². The lowest BCUT2D eigenvalue weighted by Gasteiger charge is -2.36. The largest absolute Gasteiger partial charge is 0.368 e.